The lowest BCUT2D eigenvalue weighted by Gasteiger charge is -2.08. The van der Waals surface area contributed by atoms with Crippen molar-refractivity contribution in [2.24, 2.45) is 0 Å². The summed E-state index contributed by atoms with van der Waals surface area (Å²) in [7, 11) is 2.90. The van der Waals surface area contributed by atoms with E-state index in [2.05, 4.69) is 20.0 Å². The smallest absolute Gasteiger partial charge is 0.356 e. The van der Waals surface area contributed by atoms with Gasteiger partial charge in [0.25, 0.3) is 0 Å². The molecule has 2 aromatic heterocycles. The fraction of sp³-hybridized carbons (Fsp3) is 0.214. The molecule has 0 aromatic carbocycles. The number of carbonyl (C=O) groups is 1. The van der Waals surface area contributed by atoms with Gasteiger partial charge >= 0.3 is 5.97 Å². The maximum atomic E-state index is 11.4. The van der Waals surface area contributed by atoms with Crippen molar-refractivity contribution in [1.82, 2.24) is 9.97 Å². The van der Waals surface area contributed by atoms with Crippen molar-refractivity contribution in [2.75, 3.05) is 19.5 Å². The highest BCUT2D eigenvalue weighted by Gasteiger charge is 2.07. The fourth-order valence-corrected chi connectivity index (χ4v) is 1.63. The summed E-state index contributed by atoms with van der Waals surface area (Å²) in [4.78, 5) is 19.4. The van der Waals surface area contributed by atoms with Crippen LogP contribution in [0.5, 0.6) is 5.88 Å². The average Bonchev–Trinajstić information content (AvgIpc) is 2.52. The summed E-state index contributed by atoms with van der Waals surface area (Å²) < 4.78 is 9.69. The van der Waals surface area contributed by atoms with Crippen molar-refractivity contribution in [3.05, 3.63) is 47.9 Å². The Balaban J connectivity index is 2.05. The van der Waals surface area contributed by atoms with Gasteiger partial charge in [-0.15, -0.1) is 0 Å². The number of hydrogen-bond donors (Lipinski definition) is 1. The summed E-state index contributed by atoms with van der Waals surface area (Å²) in [6.07, 6.45) is 3.24. The van der Waals surface area contributed by atoms with E-state index in [-0.39, 0.29) is 5.69 Å². The van der Waals surface area contributed by atoms with Gasteiger partial charge < -0.3 is 14.8 Å². The Labute approximate surface area is 116 Å². The van der Waals surface area contributed by atoms with E-state index in [0.29, 0.717) is 12.4 Å². The molecule has 6 heteroatoms. The Kier molecular flexibility index (Phi) is 4.49. The monoisotopic (exact) mass is 273 g/mol. The molecule has 20 heavy (non-hydrogen) atoms. The summed E-state index contributed by atoms with van der Waals surface area (Å²) in [5, 5.41) is 3.20. The van der Waals surface area contributed by atoms with Crippen LogP contribution < -0.4 is 10.1 Å². The van der Waals surface area contributed by atoms with E-state index >= 15 is 0 Å². The molecule has 0 bridgehead atoms. The fourth-order valence-electron chi connectivity index (χ4n) is 1.63. The quantitative estimate of drug-likeness (QED) is 0.838. The summed E-state index contributed by atoms with van der Waals surface area (Å²) in [6.45, 7) is 0.587. The molecule has 2 heterocycles. The van der Waals surface area contributed by atoms with E-state index in [9.17, 15) is 4.79 Å². The number of anilines is 1. The number of nitrogens with one attached hydrogen (secondary N) is 1. The predicted molar refractivity (Wildman–Crippen MR) is 73.7 cm³/mol. The second-order valence-electron chi connectivity index (χ2n) is 3.98. The van der Waals surface area contributed by atoms with Gasteiger partial charge in [-0.1, -0.05) is 0 Å². The summed E-state index contributed by atoms with van der Waals surface area (Å²) in [5.41, 5.74) is 2.08. The third kappa shape index (κ3) is 3.44. The third-order valence-electron chi connectivity index (χ3n) is 2.66. The minimum atomic E-state index is -0.459. The first-order valence-electron chi connectivity index (χ1n) is 6.00. The van der Waals surface area contributed by atoms with Crippen molar-refractivity contribution >= 4 is 11.7 Å². The van der Waals surface area contributed by atoms with E-state index in [0.717, 1.165) is 11.3 Å². The Morgan fingerprint density at radius 2 is 2.00 bits per heavy atom. The van der Waals surface area contributed by atoms with Gasteiger partial charge in [-0.3, -0.25) is 0 Å². The van der Waals surface area contributed by atoms with Crippen molar-refractivity contribution in [2.45, 2.75) is 6.54 Å². The van der Waals surface area contributed by atoms with Gasteiger partial charge in [0.15, 0.2) is 0 Å². The molecular formula is C14H15N3O3. The highest BCUT2D eigenvalue weighted by atomic mass is 16.5. The van der Waals surface area contributed by atoms with E-state index in [4.69, 9.17) is 4.74 Å². The summed E-state index contributed by atoms with van der Waals surface area (Å²) in [6, 6.07) is 7.16. The Hall–Kier alpha value is -2.63. The molecule has 0 aliphatic heterocycles. The van der Waals surface area contributed by atoms with E-state index < -0.39 is 5.97 Å². The molecule has 0 saturated heterocycles. The van der Waals surface area contributed by atoms with Crippen molar-refractivity contribution in [3.63, 3.8) is 0 Å². The SMILES string of the molecule is COC(=O)c1cc(NCc2ccnc(OC)c2)ccn1. The maximum absolute atomic E-state index is 11.4. The lowest BCUT2D eigenvalue weighted by atomic mass is 10.2. The molecule has 2 rings (SSSR count). The Morgan fingerprint density at radius 1 is 1.20 bits per heavy atom. The largest absolute Gasteiger partial charge is 0.481 e. The van der Waals surface area contributed by atoms with Crippen LogP contribution in [-0.2, 0) is 11.3 Å². The zero-order chi connectivity index (χ0) is 14.4. The first-order chi connectivity index (χ1) is 9.72. The zero-order valence-corrected chi connectivity index (χ0v) is 11.3. The standard InChI is InChI=1S/C14H15N3O3/c1-19-13-7-10(3-5-16-13)9-17-11-4-6-15-12(8-11)14(18)20-2/h3-8H,9H2,1-2H3,(H,15,17). The number of nitrogens with zero attached hydrogens (tertiary/aromatic N) is 2. The number of methoxy groups -OCH3 is 2. The van der Waals surface area contributed by atoms with Gasteiger partial charge in [0.05, 0.1) is 14.2 Å². The number of ether oxygens (including phenoxy) is 2. The topological polar surface area (TPSA) is 73.3 Å². The van der Waals surface area contributed by atoms with Crippen molar-refractivity contribution in [1.29, 1.82) is 0 Å². The summed E-state index contributed by atoms with van der Waals surface area (Å²) in [5.74, 6) is 0.105. The third-order valence-corrected chi connectivity index (χ3v) is 2.66. The van der Waals surface area contributed by atoms with Crippen molar-refractivity contribution < 1.29 is 14.3 Å². The number of pyridine rings is 2. The molecule has 1 N–H and O–H groups in total. The molecule has 0 atom stereocenters. The summed E-state index contributed by atoms with van der Waals surface area (Å²) >= 11 is 0. The lowest BCUT2D eigenvalue weighted by Crippen LogP contribution is -2.06. The van der Waals surface area contributed by atoms with Gasteiger partial charge in [-0.25, -0.2) is 14.8 Å². The molecular weight excluding hydrogens is 258 g/mol. The molecule has 0 aliphatic rings. The molecule has 104 valence electrons. The molecule has 0 fully saturated rings. The zero-order valence-electron chi connectivity index (χ0n) is 11.3. The molecule has 0 spiro atoms. The van der Waals surface area contributed by atoms with E-state index in [1.165, 1.54) is 7.11 Å². The van der Waals surface area contributed by atoms with Crippen molar-refractivity contribution in [3.8, 4) is 5.88 Å². The number of esters is 1. The van der Waals surface area contributed by atoms with E-state index in [1.54, 1.807) is 31.6 Å². The van der Waals surface area contributed by atoms with Crippen LogP contribution in [0, 0.1) is 0 Å². The Bertz CT molecular complexity index is 602. The molecule has 0 amide bonds. The van der Waals surface area contributed by atoms with Crippen LogP contribution in [0.3, 0.4) is 0 Å². The number of rotatable bonds is 5. The molecule has 0 radical (unpaired) electrons. The van der Waals surface area contributed by atoms with Crippen LogP contribution in [0.25, 0.3) is 0 Å². The minimum Gasteiger partial charge on any atom is -0.481 e. The van der Waals surface area contributed by atoms with Gasteiger partial charge in [-0.2, -0.15) is 0 Å². The first kappa shape index (κ1) is 13.8. The number of hydrogen-bond acceptors (Lipinski definition) is 6. The maximum Gasteiger partial charge on any atom is 0.356 e. The van der Waals surface area contributed by atoms with Crippen LogP contribution >= 0.6 is 0 Å². The van der Waals surface area contributed by atoms with Gasteiger partial charge in [0.1, 0.15) is 5.69 Å². The van der Waals surface area contributed by atoms with Gasteiger partial charge in [0, 0.05) is 30.7 Å². The Morgan fingerprint density at radius 3 is 2.75 bits per heavy atom. The van der Waals surface area contributed by atoms with Crippen LogP contribution in [0.15, 0.2) is 36.7 Å². The molecule has 0 unspecified atom stereocenters. The van der Waals surface area contributed by atoms with Gasteiger partial charge in [0.2, 0.25) is 5.88 Å². The second kappa shape index (κ2) is 6.51. The van der Waals surface area contributed by atoms with E-state index in [1.807, 2.05) is 12.1 Å². The molecule has 6 nitrogen and oxygen atoms in total. The average molecular weight is 273 g/mol. The predicted octanol–water partition coefficient (Wildman–Crippen LogP) is 1.88. The first-order valence-corrected chi connectivity index (χ1v) is 6.00. The van der Waals surface area contributed by atoms with Gasteiger partial charge in [-0.05, 0) is 23.8 Å². The minimum absolute atomic E-state index is 0.268. The molecule has 2 aromatic rings. The lowest BCUT2D eigenvalue weighted by molar-refractivity contribution is 0.0594. The van der Waals surface area contributed by atoms with Crippen LogP contribution in [0.4, 0.5) is 5.69 Å². The highest BCUT2D eigenvalue weighted by molar-refractivity contribution is 5.88. The van der Waals surface area contributed by atoms with Crippen LogP contribution in [-0.4, -0.2) is 30.2 Å². The number of aromatic nitrogens is 2. The number of carbonyl (C=O) groups excluding carboxylic acids is 1. The second-order valence-corrected chi connectivity index (χ2v) is 3.98. The molecule has 0 saturated carbocycles. The normalized spacial score (nSPS) is 9.90. The van der Waals surface area contributed by atoms with Crippen LogP contribution in [0.1, 0.15) is 16.1 Å². The highest BCUT2D eigenvalue weighted by Crippen LogP contribution is 2.13. The van der Waals surface area contributed by atoms with Crippen LogP contribution in [0.2, 0.25) is 0 Å². The molecule has 0 aliphatic carbocycles.